The summed E-state index contributed by atoms with van der Waals surface area (Å²) >= 11 is 0. The second-order valence-corrected chi connectivity index (χ2v) is 9.19. The van der Waals surface area contributed by atoms with Gasteiger partial charge in [-0.2, -0.15) is 8.78 Å². The molecule has 0 saturated heterocycles. The molecule has 0 bridgehead atoms. The minimum absolute atomic E-state index is 0.0464. The van der Waals surface area contributed by atoms with E-state index in [0.717, 1.165) is 30.7 Å². The second kappa shape index (κ2) is 15.5. The number of ketones is 1. The molecule has 3 N–H and O–H groups in total. The Hall–Kier alpha value is -4.92. The van der Waals surface area contributed by atoms with Gasteiger partial charge in [-0.05, 0) is 31.0 Å². The Balaban J connectivity index is 1.65. The second-order valence-electron chi connectivity index (χ2n) is 9.19. The number of hydrogen-bond donors (Lipinski definition) is 3. The quantitative estimate of drug-likeness (QED) is 0.115. The minimum atomic E-state index is -1.88. The number of halogens is 6. The first-order chi connectivity index (χ1) is 20.9. The van der Waals surface area contributed by atoms with Gasteiger partial charge in [-0.25, -0.2) is 17.6 Å². The summed E-state index contributed by atoms with van der Waals surface area (Å²) in [5, 5.41) is 6.00. The van der Waals surface area contributed by atoms with E-state index in [1.807, 2.05) is 5.32 Å². The summed E-state index contributed by atoms with van der Waals surface area (Å²) in [4.78, 5) is 50.0. The smallest absolute Gasteiger partial charge is 0.313 e. The Kier molecular flexibility index (Phi) is 11.8. The molecule has 44 heavy (non-hydrogen) atoms. The highest BCUT2D eigenvalue weighted by atomic mass is 19.2. The number of hydrogen-bond acceptors (Lipinski definition) is 6. The van der Waals surface area contributed by atoms with E-state index in [0.29, 0.717) is 0 Å². The first kappa shape index (κ1) is 33.6. The zero-order valence-electron chi connectivity index (χ0n) is 22.9. The van der Waals surface area contributed by atoms with Crippen molar-refractivity contribution in [2.24, 2.45) is 0 Å². The molecule has 0 saturated carbocycles. The number of carbonyl (C=O) groups is 4. The van der Waals surface area contributed by atoms with Crippen LogP contribution in [0.4, 0.5) is 32.0 Å². The van der Waals surface area contributed by atoms with Gasteiger partial charge in [0.15, 0.2) is 23.2 Å². The van der Waals surface area contributed by atoms with Crippen molar-refractivity contribution < 1.29 is 55.0 Å². The van der Waals surface area contributed by atoms with Crippen molar-refractivity contribution in [3.8, 4) is 5.75 Å². The number of carbonyl (C=O) groups excluding carboxylic acids is 4. The first-order valence-electron chi connectivity index (χ1n) is 12.8. The largest absolute Gasteiger partial charge is 0.479 e. The highest BCUT2D eigenvalue weighted by molar-refractivity contribution is 6.40. The number of ether oxygens (including phenoxy) is 2. The lowest BCUT2D eigenvalue weighted by molar-refractivity contribution is -0.138. The SMILES string of the molecule is C[C@H](NC(=O)C(=O)Nc1c(F)cccc1F)C(=O)N[C@@H](CCOCc1ccccc1)C(=O)COc1c(F)c(F)cc(F)c1F. The van der Waals surface area contributed by atoms with Gasteiger partial charge in [-0.1, -0.05) is 36.4 Å². The number of amides is 3. The lowest BCUT2D eigenvalue weighted by atomic mass is 10.1. The molecule has 0 aromatic heterocycles. The summed E-state index contributed by atoms with van der Waals surface area (Å²) in [7, 11) is 0. The van der Waals surface area contributed by atoms with Gasteiger partial charge in [-0.3, -0.25) is 19.2 Å². The molecule has 0 aliphatic heterocycles. The monoisotopic (exact) mass is 625 g/mol. The van der Waals surface area contributed by atoms with Crippen molar-refractivity contribution in [3.05, 3.63) is 95.1 Å². The lowest BCUT2D eigenvalue weighted by Crippen LogP contribution is -2.53. The van der Waals surface area contributed by atoms with Crippen LogP contribution in [-0.2, 0) is 30.5 Å². The number of rotatable bonds is 13. The molecule has 9 nitrogen and oxygen atoms in total. The van der Waals surface area contributed by atoms with E-state index >= 15 is 0 Å². The van der Waals surface area contributed by atoms with E-state index in [2.05, 4.69) is 5.32 Å². The van der Waals surface area contributed by atoms with Crippen LogP contribution in [0.15, 0.2) is 54.6 Å². The third-order valence-corrected chi connectivity index (χ3v) is 5.95. The number of nitrogens with one attached hydrogen (secondary N) is 3. The predicted octanol–water partition coefficient (Wildman–Crippen LogP) is 3.70. The van der Waals surface area contributed by atoms with E-state index in [4.69, 9.17) is 9.47 Å². The summed E-state index contributed by atoms with van der Waals surface area (Å²) in [5.41, 5.74) is -0.108. The molecule has 15 heteroatoms. The standard InChI is InChI=1S/C29H25F6N3O6/c1-15(36-28(41)29(42)38-25-17(30)8-5-9-18(25)31)27(40)37-21(10-11-43-13-16-6-3-2-4-7-16)22(39)14-44-26-23(34)19(32)12-20(33)24(26)35/h2-9,12,15,21H,10-11,13-14H2,1H3,(H,36,41)(H,37,40)(H,38,42)/t15-,21-/m0/s1. The average molecular weight is 626 g/mol. The number of para-hydroxylation sites is 1. The van der Waals surface area contributed by atoms with Gasteiger partial charge in [0.05, 0.1) is 12.6 Å². The molecule has 3 aromatic carbocycles. The molecular formula is C29H25F6N3O6. The molecule has 0 aliphatic carbocycles. The number of anilines is 1. The summed E-state index contributed by atoms with van der Waals surface area (Å²) < 4.78 is 92.7. The summed E-state index contributed by atoms with van der Waals surface area (Å²) in [6, 6.07) is 8.54. The molecular weight excluding hydrogens is 600 g/mol. The Labute approximate surface area is 246 Å². The van der Waals surface area contributed by atoms with E-state index in [-0.39, 0.29) is 25.7 Å². The van der Waals surface area contributed by atoms with Gasteiger partial charge in [0.1, 0.15) is 30.0 Å². The third-order valence-electron chi connectivity index (χ3n) is 5.95. The van der Waals surface area contributed by atoms with Gasteiger partial charge in [0.2, 0.25) is 17.5 Å². The number of benzene rings is 3. The Morgan fingerprint density at radius 2 is 1.39 bits per heavy atom. The maximum absolute atomic E-state index is 14.0. The van der Waals surface area contributed by atoms with Crippen LogP contribution in [0, 0.1) is 34.9 Å². The van der Waals surface area contributed by atoms with E-state index in [9.17, 15) is 45.5 Å². The highest BCUT2D eigenvalue weighted by Gasteiger charge is 2.28. The molecule has 0 heterocycles. The van der Waals surface area contributed by atoms with Crippen molar-refractivity contribution in [1.82, 2.24) is 10.6 Å². The predicted molar refractivity (Wildman–Crippen MR) is 142 cm³/mol. The van der Waals surface area contributed by atoms with Crippen molar-refractivity contribution in [1.29, 1.82) is 0 Å². The lowest BCUT2D eigenvalue weighted by Gasteiger charge is -2.21. The van der Waals surface area contributed by atoms with Crippen molar-refractivity contribution in [2.75, 3.05) is 18.5 Å². The minimum Gasteiger partial charge on any atom is -0.479 e. The molecule has 0 spiro atoms. The van der Waals surface area contributed by atoms with Crippen LogP contribution in [0.3, 0.4) is 0 Å². The summed E-state index contributed by atoms with van der Waals surface area (Å²) in [6.45, 7) is -0.0399. The van der Waals surface area contributed by atoms with Crippen LogP contribution in [0.25, 0.3) is 0 Å². The third kappa shape index (κ3) is 9.04. The molecule has 2 atom stereocenters. The Bertz CT molecular complexity index is 1480. The average Bonchev–Trinajstić information content (AvgIpc) is 2.99. The Morgan fingerprint density at radius 1 is 0.773 bits per heavy atom. The zero-order valence-corrected chi connectivity index (χ0v) is 22.9. The maximum atomic E-state index is 14.0. The molecule has 0 aliphatic rings. The van der Waals surface area contributed by atoms with E-state index in [1.54, 1.807) is 35.6 Å². The fourth-order valence-corrected chi connectivity index (χ4v) is 3.61. The first-order valence-corrected chi connectivity index (χ1v) is 12.8. The normalized spacial score (nSPS) is 12.2. The van der Waals surface area contributed by atoms with Gasteiger partial charge >= 0.3 is 11.8 Å². The fourth-order valence-electron chi connectivity index (χ4n) is 3.61. The van der Waals surface area contributed by atoms with Gasteiger partial charge < -0.3 is 25.4 Å². The zero-order chi connectivity index (χ0) is 32.4. The summed E-state index contributed by atoms with van der Waals surface area (Å²) in [5.74, 6) is -16.1. The number of Topliss-reactive ketones (excluding diaryl/α,β-unsaturated/α-hetero) is 1. The van der Waals surface area contributed by atoms with E-state index in [1.165, 1.54) is 0 Å². The molecule has 3 aromatic rings. The van der Waals surface area contributed by atoms with Crippen molar-refractivity contribution in [3.63, 3.8) is 0 Å². The van der Waals surface area contributed by atoms with Crippen LogP contribution in [0.2, 0.25) is 0 Å². The molecule has 3 amide bonds. The van der Waals surface area contributed by atoms with Crippen LogP contribution >= 0.6 is 0 Å². The Morgan fingerprint density at radius 3 is 2.00 bits per heavy atom. The molecule has 0 fully saturated rings. The molecule has 3 rings (SSSR count). The van der Waals surface area contributed by atoms with Crippen LogP contribution < -0.4 is 20.7 Å². The van der Waals surface area contributed by atoms with Gasteiger partial charge in [-0.15, -0.1) is 0 Å². The van der Waals surface area contributed by atoms with Crippen LogP contribution in [0.1, 0.15) is 18.9 Å². The molecule has 234 valence electrons. The van der Waals surface area contributed by atoms with Crippen LogP contribution in [0.5, 0.6) is 5.75 Å². The van der Waals surface area contributed by atoms with Crippen LogP contribution in [-0.4, -0.2) is 48.8 Å². The molecule has 0 unspecified atom stereocenters. The summed E-state index contributed by atoms with van der Waals surface area (Å²) in [6.07, 6.45) is -0.225. The van der Waals surface area contributed by atoms with Crippen molar-refractivity contribution >= 4 is 29.2 Å². The highest BCUT2D eigenvalue weighted by Crippen LogP contribution is 2.26. The van der Waals surface area contributed by atoms with Gasteiger partial charge in [0.25, 0.3) is 0 Å². The topological polar surface area (TPSA) is 123 Å². The molecule has 0 radical (unpaired) electrons. The van der Waals surface area contributed by atoms with E-state index < -0.39 is 88.5 Å². The maximum Gasteiger partial charge on any atom is 0.313 e. The fraction of sp³-hybridized carbons (Fsp3) is 0.241. The van der Waals surface area contributed by atoms with Gasteiger partial charge in [0, 0.05) is 12.7 Å². The van der Waals surface area contributed by atoms with Crippen molar-refractivity contribution in [2.45, 2.75) is 32.0 Å².